The van der Waals surface area contributed by atoms with Gasteiger partial charge in [-0.1, -0.05) is 36.4 Å². The molecular weight excluding hydrogens is 324 g/mol. The minimum atomic E-state index is -0.193. The Kier molecular flexibility index (Phi) is 4.74. The van der Waals surface area contributed by atoms with Crippen molar-refractivity contribution in [2.45, 2.75) is 51.3 Å². The molecule has 3 heterocycles. The number of carbonyl (C=O) groups excluding carboxylic acids is 1. The summed E-state index contributed by atoms with van der Waals surface area (Å²) in [6.07, 6.45) is 9.91. The topological polar surface area (TPSA) is 42.4 Å². The van der Waals surface area contributed by atoms with Crippen LogP contribution in [0, 0.1) is 6.92 Å². The Morgan fingerprint density at radius 2 is 2.08 bits per heavy atom. The van der Waals surface area contributed by atoms with E-state index in [1.807, 2.05) is 53.7 Å². The third kappa shape index (κ3) is 3.36. The number of ether oxygens (including phenoxy) is 1. The average Bonchev–Trinajstić information content (AvgIpc) is 2.66. The molecular formula is C22H24N2O2. The standard InChI is InChI=1S/C22H24N2O2/c1-16-10-11-23-14-21(16)18-12-19-8-5-9-20(13-18)24(19)22(25)26-15-17-6-3-2-4-7-17/h2-4,6-7,10-12,14,19-20H,5,8-9,13,15H2,1H3. The van der Waals surface area contributed by atoms with Crippen molar-refractivity contribution in [1.29, 1.82) is 0 Å². The van der Waals surface area contributed by atoms with Crippen LogP contribution in [0.4, 0.5) is 4.79 Å². The van der Waals surface area contributed by atoms with Gasteiger partial charge in [-0.3, -0.25) is 9.88 Å². The molecule has 26 heavy (non-hydrogen) atoms. The Bertz CT molecular complexity index is 816. The van der Waals surface area contributed by atoms with Gasteiger partial charge in [-0.05, 0) is 60.9 Å². The van der Waals surface area contributed by atoms with Crippen molar-refractivity contribution in [2.75, 3.05) is 0 Å². The van der Waals surface area contributed by atoms with Gasteiger partial charge in [-0.25, -0.2) is 4.79 Å². The zero-order valence-corrected chi connectivity index (χ0v) is 15.1. The molecule has 4 rings (SSSR count). The summed E-state index contributed by atoms with van der Waals surface area (Å²) < 4.78 is 5.61. The molecule has 1 amide bonds. The number of aryl methyl sites for hydroxylation is 1. The molecule has 134 valence electrons. The van der Waals surface area contributed by atoms with Gasteiger partial charge in [-0.15, -0.1) is 0 Å². The van der Waals surface area contributed by atoms with Crippen molar-refractivity contribution in [3.63, 3.8) is 0 Å². The Hall–Kier alpha value is -2.62. The lowest BCUT2D eigenvalue weighted by Gasteiger charge is -2.44. The van der Waals surface area contributed by atoms with Gasteiger partial charge < -0.3 is 4.74 Å². The van der Waals surface area contributed by atoms with Crippen LogP contribution in [0.1, 0.15) is 42.4 Å². The first-order valence-corrected chi connectivity index (χ1v) is 9.33. The summed E-state index contributed by atoms with van der Waals surface area (Å²) >= 11 is 0. The van der Waals surface area contributed by atoms with E-state index in [2.05, 4.69) is 18.0 Å². The highest BCUT2D eigenvalue weighted by molar-refractivity contribution is 5.75. The first kappa shape index (κ1) is 16.8. The first-order chi connectivity index (χ1) is 12.7. The Labute approximate surface area is 154 Å². The molecule has 2 atom stereocenters. The van der Waals surface area contributed by atoms with E-state index in [-0.39, 0.29) is 18.2 Å². The predicted octanol–water partition coefficient (Wildman–Crippen LogP) is 4.74. The zero-order chi connectivity index (χ0) is 17.9. The molecule has 2 aromatic rings. The summed E-state index contributed by atoms with van der Waals surface area (Å²) in [7, 11) is 0. The first-order valence-electron chi connectivity index (χ1n) is 9.33. The van der Waals surface area contributed by atoms with E-state index in [0.717, 1.165) is 31.2 Å². The second kappa shape index (κ2) is 7.32. The number of carbonyl (C=O) groups is 1. The van der Waals surface area contributed by atoms with Gasteiger partial charge in [0.1, 0.15) is 6.61 Å². The van der Waals surface area contributed by atoms with Crippen molar-refractivity contribution < 1.29 is 9.53 Å². The SMILES string of the molecule is Cc1ccncc1C1=CC2CCCC(C1)N2C(=O)OCc1ccccc1. The van der Waals surface area contributed by atoms with E-state index in [9.17, 15) is 4.79 Å². The van der Waals surface area contributed by atoms with Crippen LogP contribution < -0.4 is 0 Å². The van der Waals surface area contributed by atoms with Crippen molar-refractivity contribution in [1.82, 2.24) is 9.88 Å². The Balaban J connectivity index is 1.51. The highest BCUT2D eigenvalue weighted by Crippen LogP contribution is 2.38. The van der Waals surface area contributed by atoms with Crippen molar-refractivity contribution >= 4 is 11.7 Å². The van der Waals surface area contributed by atoms with Crippen molar-refractivity contribution in [3.8, 4) is 0 Å². The number of rotatable bonds is 3. The highest BCUT2D eigenvalue weighted by Gasteiger charge is 2.38. The molecule has 2 unspecified atom stereocenters. The lowest BCUT2D eigenvalue weighted by Crippen LogP contribution is -2.51. The van der Waals surface area contributed by atoms with Crippen LogP contribution in [0.5, 0.6) is 0 Å². The molecule has 0 N–H and O–H groups in total. The number of nitrogens with zero attached hydrogens (tertiary/aromatic N) is 2. The van der Waals surface area contributed by atoms with Gasteiger partial charge in [0.05, 0.1) is 6.04 Å². The maximum atomic E-state index is 12.8. The monoisotopic (exact) mass is 348 g/mol. The quantitative estimate of drug-likeness (QED) is 0.805. The normalized spacial score (nSPS) is 21.9. The van der Waals surface area contributed by atoms with E-state index in [1.165, 1.54) is 16.7 Å². The highest BCUT2D eigenvalue weighted by atomic mass is 16.6. The number of benzene rings is 1. The number of hydrogen-bond donors (Lipinski definition) is 0. The molecule has 1 fully saturated rings. The average molecular weight is 348 g/mol. The molecule has 0 radical (unpaired) electrons. The number of amides is 1. The maximum Gasteiger partial charge on any atom is 0.410 e. The maximum absolute atomic E-state index is 12.8. The van der Waals surface area contributed by atoms with Gasteiger partial charge in [0.15, 0.2) is 0 Å². The van der Waals surface area contributed by atoms with Crippen LogP contribution in [0.25, 0.3) is 5.57 Å². The Morgan fingerprint density at radius 3 is 2.85 bits per heavy atom. The van der Waals surface area contributed by atoms with E-state index in [1.54, 1.807) is 0 Å². The third-order valence-electron chi connectivity index (χ3n) is 5.44. The molecule has 1 aromatic heterocycles. The number of piperidine rings is 1. The molecule has 2 aliphatic heterocycles. The largest absolute Gasteiger partial charge is 0.445 e. The van der Waals surface area contributed by atoms with E-state index in [0.29, 0.717) is 6.61 Å². The molecule has 4 nitrogen and oxygen atoms in total. The minimum absolute atomic E-state index is 0.125. The lowest BCUT2D eigenvalue weighted by molar-refractivity contribution is 0.0510. The van der Waals surface area contributed by atoms with E-state index >= 15 is 0 Å². The molecule has 2 aliphatic rings. The van der Waals surface area contributed by atoms with Crippen molar-refractivity contribution in [3.05, 3.63) is 71.6 Å². The molecule has 0 saturated carbocycles. The van der Waals surface area contributed by atoms with Gasteiger partial charge >= 0.3 is 6.09 Å². The summed E-state index contributed by atoms with van der Waals surface area (Å²) in [6, 6.07) is 12.2. The van der Waals surface area contributed by atoms with Gasteiger partial charge in [0, 0.05) is 18.4 Å². The van der Waals surface area contributed by atoms with Gasteiger partial charge in [0.25, 0.3) is 0 Å². The molecule has 0 spiro atoms. The summed E-state index contributed by atoms with van der Waals surface area (Å²) in [5.74, 6) is 0. The second-order valence-corrected chi connectivity index (χ2v) is 7.19. The third-order valence-corrected chi connectivity index (χ3v) is 5.44. The Morgan fingerprint density at radius 1 is 1.23 bits per heavy atom. The molecule has 2 bridgehead atoms. The fourth-order valence-electron chi connectivity index (χ4n) is 4.11. The number of aromatic nitrogens is 1. The van der Waals surface area contributed by atoms with Crippen molar-refractivity contribution in [2.24, 2.45) is 0 Å². The molecule has 1 aromatic carbocycles. The fourth-order valence-corrected chi connectivity index (χ4v) is 4.11. The van der Waals surface area contributed by atoms with E-state index in [4.69, 9.17) is 4.74 Å². The second-order valence-electron chi connectivity index (χ2n) is 7.19. The predicted molar refractivity (Wildman–Crippen MR) is 101 cm³/mol. The van der Waals surface area contributed by atoms with Crippen LogP contribution in [0.15, 0.2) is 54.9 Å². The van der Waals surface area contributed by atoms with Gasteiger partial charge in [-0.2, -0.15) is 0 Å². The van der Waals surface area contributed by atoms with Crippen LogP contribution in [0.3, 0.4) is 0 Å². The van der Waals surface area contributed by atoms with E-state index < -0.39 is 0 Å². The zero-order valence-electron chi connectivity index (χ0n) is 15.1. The lowest BCUT2D eigenvalue weighted by atomic mass is 9.82. The van der Waals surface area contributed by atoms with Crippen LogP contribution in [-0.2, 0) is 11.3 Å². The minimum Gasteiger partial charge on any atom is -0.445 e. The summed E-state index contributed by atoms with van der Waals surface area (Å²) in [5.41, 5.74) is 4.79. The summed E-state index contributed by atoms with van der Waals surface area (Å²) in [5, 5.41) is 0. The number of fused-ring (bicyclic) bond motifs is 2. The number of pyridine rings is 1. The summed E-state index contributed by atoms with van der Waals surface area (Å²) in [6.45, 7) is 2.45. The molecule has 4 heteroatoms. The van der Waals surface area contributed by atoms with Gasteiger partial charge in [0.2, 0.25) is 0 Å². The summed E-state index contributed by atoms with van der Waals surface area (Å²) in [4.78, 5) is 19.0. The molecule has 1 saturated heterocycles. The van der Waals surface area contributed by atoms with Crippen LogP contribution in [0.2, 0.25) is 0 Å². The fraction of sp³-hybridized carbons (Fsp3) is 0.364. The smallest absolute Gasteiger partial charge is 0.410 e. The van der Waals surface area contributed by atoms with Crippen LogP contribution >= 0.6 is 0 Å². The molecule has 0 aliphatic carbocycles. The number of hydrogen-bond acceptors (Lipinski definition) is 3. The van der Waals surface area contributed by atoms with Crippen LogP contribution in [-0.4, -0.2) is 28.1 Å².